The molecule has 122 valence electrons. The van der Waals surface area contributed by atoms with E-state index in [2.05, 4.69) is 10.6 Å². The van der Waals surface area contributed by atoms with Crippen molar-refractivity contribution >= 4 is 23.0 Å². The van der Waals surface area contributed by atoms with Gasteiger partial charge in [0.1, 0.15) is 11.4 Å². The quantitative estimate of drug-likeness (QED) is 0.548. The Hall–Kier alpha value is -2.83. The van der Waals surface area contributed by atoms with Crippen LogP contribution in [0.15, 0.2) is 27.8 Å². The minimum atomic E-state index is -0.646. The molecule has 0 aliphatic rings. The number of aromatic hydroxyl groups is 1. The van der Waals surface area contributed by atoms with Gasteiger partial charge in [-0.15, -0.1) is 0 Å². The van der Waals surface area contributed by atoms with Crippen molar-refractivity contribution in [3.8, 4) is 5.75 Å². The molecule has 3 N–H and O–H groups in total. The Morgan fingerprint density at radius 2 is 1.83 bits per heavy atom. The molecule has 23 heavy (non-hydrogen) atoms. The molecule has 0 aliphatic heterocycles. The molecule has 0 fully saturated rings. The van der Waals surface area contributed by atoms with Gasteiger partial charge in [-0.05, 0) is 18.6 Å². The molecular weight excluding hydrogens is 298 g/mol. The third-order valence-corrected chi connectivity index (χ3v) is 3.39. The van der Waals surface area contributed by atoms with Crippen LogP contribution in [0, 0.1) is 0 Å². The lowest BCUT2D eigenvalue weighted by molar-refractivity contribution is 0.0825. The molecule has 0 atom stereocenters. The lowest BCUT2D eigenvalue weighted by Crippen LogP contribution is -2.36. The largest absolute Gasteiger partial charge is 0.505 e. The summed E-state index contributed by atoms with van der Waals surface area (Å²) in [6.45, 7) is 2.50. The number of nitrogens with zero attached hydrogens (tertiary/aromatic N) is 1. The summed E-state index contributed by atoms with van der Waals surface area (Å²) in [4.78, 5) is 36.6. The van der Waals surface area contributed by atoms with Crippen molar-refractivity contribution in [2.75, 3.05) is 31.3 Å². The molecule has 2 aromatic rings. The van der Waals surface area contributed by atoms with E-state index < -0.39 is 10.9 Å². The van der Waals surface area contributed by atoms with Crippen molar-refractivity contribution in [1.29, 1.82) is 0 Å². The number of benzene rings is 1. The molecule has 0 heterocycles. The summed E-state index contributed by atoms with van der Waals surface area (Å²) < 4.78 is 0. The van der Waals surface area contributed by atoms with E-state index in [1.807, 2.05) is 6.92 Å². The first-order valence-electron chi connectivity index (χ1n) is 7.26. The topological polar surface area (TPSA) is 98.7 Å². The van der Waals surface area contributed by atoms with Crippen molar-refractivity contribution in [3.05, 3.63) is 44.2 Å². The maximum atomic E-state index is 12.0. The average molecular weight is 317 g/mol. The van der Waals surface area contributed by atoms with Gasteiger partial charge in [0.05, 0.1) is 11.3 Å². The molecule has 7 nitrogen and oxygen atoms in total. The number of rotatable bonds is 6. The van der Waals surface area contributed by atoms with Crippen LogP contribution in [0.2, 0.25) is 0 Å². The summed E-state index contributed by atoms with van der Waals surface area (Å²) >= 11 is 0. The van der Waals surface area contributed by atoms with Gasteiger partial charge in [0, 0.05) is 20.6 Å². The van der Waals surface area contributed by atoms with Crippen molar-refractivity contribution in [2.24, 2.45) is 0 Å². The van der Waals surface area contributed by atoms with Gasteiger partial charge in [-0.3, -0.25) is 14.4 Å². The van der Waals surface area contributed by atoms with Crippen molar-refractivity contribution < 1.29 is 9.90 Å². The van der Waals surface area contributed by atoms with E-state index in [1.165, 1.54) is 17.0 Å². The maximum absolute atomic E-state index is 12.0. The van der Waals surface area contributed by atoms with Gasteiger partial charge in [-0.25, -0.2) is 0 Å². The number of phenols is 1. The third kappa shape index (κ3) is 3.03. The molecule has 0 aliphatic carbocycles. The number of nitrogens with one attached hydrogen (secondary N) is 2. The van der Waals surface area contributed by atoms with Crippen LogP contribution in [-0.2, 0) is 0 Å². The first-order chi connectivity index (χ1) is 10.9. The number of carbonyl (C=O) groups is 1. The molecule has 0 saturated heterocycles. The smallest absolute Gasteiger partial charge is 0.257 e. The summed E-state index contributed by atoms with van der Waals surface area (Å²) in [5.41, 5.74) is -0.604. The molecule has 0 spiro atoms. The van der Waals surface area contributed by atoms with E-state index in [9.17, 15) is 19.5 Å². The zero-order valence-corrected chi connectivity index (χ0v) is 13.3. The highest BCUT2D eigenvalue weighted by Crippen LogP contribution is 2.31. The van der Waals surface area contributed by atoms with Gasteiger partial charge in [-0.2, -0.15) is 0 Å². The summed E-state index contributed by atoms with van der Waals surface area (Å²) in [7, 11) is 3.15. The zero-order chi connectivity index (χ0) is 17.1. The predicted molar refractivity (Wildman–Crippen MR) is 89.5 cm³/mol. The number of carbonyl (C=O) groups excluding carboxylic acids is 1. The third-order valence-electron chi connectivity index (χ3n) is 3.39. The maximum Gasteiger partial charge on any atom is 0.257 e. The normalized spacial score (nSPS) is 10.6. The van der Waals surface area contributed by atoms with Crippen LogP contribution >= 0.6 is 0 Å². The van der Waals surface area contributed by atoms with Crippen LogP contribution < -0.4 is 21.5 Å². The number of hydrogen-bond acceptors (Lipinski definition) is 6. The molecule has 0 saturated carbocycles. The Labute approximate surface area is 133 Å². The molecular formula is C16H19N3O4. The van der Waals surface area contributed by atoms with Crippen LogP contribution in [0.25, 0.3) is 0 Å². The minimum Gasteiger partial charge on any atom is -0.505 e. The van der Waals surface area contributed by atoms with Crippen molar-refractivity contribution in [3.63, 3.8) is 0 Å². The first kappa shape index (κ1) is 16.5. The van der Waals surface area contributed by atoms with Gasteiger partial charge < -0.3 is 20.6 Å². The molecule has 2 aromatic carbocycles. The second kappa shape index (κ2) is 6.51. The second-order valence-electron chi connectivity index (χ2n) is 5.36. The van der Waals surface area contributed by atoms with E-state index in [0.717, 1.165) is 6.42 Å². The standard InChI is InChI=1S/C16H19N3O4/c1-4-8-17-11-12(15(22)14(11)21)18-10-7-5-6-9(13(10)20)16(23)19(2)3/h5-7,17-18,20H,4,8H2,1-3H3. The van der Waals surface area contributed by atoms with Crippen molar-refractivity contribution in [1.82, 2.24) is 4.90 Å². The Kier molecular flexibility index (Phi) is 4.68. The van der Waals surface area contributed by atoms with Gasteiger partial charge in [0.2, 0.25) is 0 Å². The van der Waals surface area contributed by atoms with Gasteiger partial charge in [0.15, 0.2) is 5.75 Å². The number of anilines is 3. The molecule has 2 rings (SSSR count). The fourth-order valence-corrected chi connectivity index (χ4v) is 2.12. The number of phenolic OH excluding ortho intramolecular Hbond substituents is 1. The van der Waals surface area contributed by atoms with Crippen molar-refractivity contribution in [2.45, 2.75) is 13.3 Å². The fourth-order valence-electron chi connectivity index (χ4n) is 2.12. The van der Waals surface area contributed by atoms with E-state index in [0.29, 0.717) is 6.54 Å². The molecule has 0 aromatic heterocycles. The lowest BCUT2D eigenvalue weighted by atomic mass is 10.1. The number of amides is 1. The van der Waals surface area contributed by atoms with Crippen LogP contribution in [0.3, 0.4) is 0 Å². The second-order valence-corrected chi connectivity index (χ2v) is 5.36. The average Bonchev–Trinajstić information content (AvgIpc) is 2.54. The van der Waals surface area contributed by atoms with Gasteiger partial charge in [-0.1, -0.05) is 13.0 Å². The Morgan fingerprint density at radius 1 is 1.17 bits per heavy atom. The zero-order valence-electron chi connectivity index (χ0n) is 13.3. The molecule has 7 heteroatoms. The van der Waals surface area contributed by atoms with Crippen LogP contribution in [0.1, 0.15) is 23.7 Å². The molecule has 0 unspecified atom stereocenters. The van der Waals surface area contributed by atoms with E-state index in [1.54, 1.807) is 20.2 Å². The summed E-state index contributed by atoms with van der Waals surface area (Å²) in [5.74, 6) is -0.624. The van der Waals surface area contributed by atoms with Crippen LogP contribution in [0.5, 0.6) is 5.75 Å². The summed E-state index contributed by atoms with van der Waals surface area (Å²) in [5, 5.41) is 15.9. The van der Waals surface area contributed by atoms with E-state index >= 15 is 0 Å². The van der Waals surface area contributed by atoms with Gasteiger partial charge in [0.25, 0.3) is 16.8 Å². The first-order valence-corrected chi connectivity index (χ1v) is 7.26. The highest BCUT2D eigenvalue weighted by Gasteiger charge is 2.23. The summed E-state index contributed by atoms with van der Waals surface area (Å²) in [6, 6.07) is 4.60. The molecule has 0 bridgehead atoms. The van der Waals surface area contributed by atoms with Gasteiger partial charge >= 0.3 is 0 Å². The Bertz CT molecular complexity index is 804. The lowest BCUT2D eigenvalue weighted by Gasteiger charge is -2.17. The monoisotopic (exact) mass is 317 g/mol. The number of hydrogen-bond donors (Lipinski definition) is 3. The predicted octanol–water partition coefficient (Wildman–Crippen LogP) is 1.26. The fraction of sp³-hybridized carbons (Fsp3) is 0.312. The SMILES string of the molecule is CCCNc1c(Nc2cccc(C(=O)N(C)C)c2O)c(=O)c1=O. The Balaban J connectivity index is 2.34. The number of para-hydroxylation sites is 1. The van der Waals surface area contributed by atoms with E-state index in [-0.39, 0.29) is 34.3 Å². The molecule has 1 amide bonds. The van der Waals surface area contributed by atoms with Crippen LogP contribution in [-0.4, -0.2) is 36.6 Å². The van der Waals surface area contributed by atoms with E-state index in [4.69, 9.17) is 0 Å². The minimum absolute atomic E-state index is 0.105. The van der Waals surface area contributed by atoms with Crippen LogP contribution in [0.4, 0.5) is 17.1 Å². The highest BCUT2D eigenvalue weighted by molar-refractivity contribution is 5.99. The highest BCUT2D eigenvalue weighted by atomic mass is 16.3. The molecule has 0 radical (unpaired) electrons. The Morgan fingerprint density at radius 3 is 2.43 bits per heavy atom. The summed E-state index contributed by atoms with van der Waals surface area (Å²) in [6.07, 6.45) is 0.802.